The summed E-state index contributed by atoms with van der Waals surface area (Å²) in [5, 5.41) is 14.8. The molecular weight excluding hydrogens is 342 g/mol. The quantitative estimate of drug-likeness (QED) is 0.517. The summed E-state index contributed by atoms with van der Waals surface area (Å²) in [6.45, 7) is 5.64. The van der Waals surface area contributed by atoms with E-state index in [0.717, 1.165) is 22.5 Å². The number of rotatable bonds is 5. The van der Waals surface area contributed by atoms with Crippen LogP contribution in [-0.2, 0) is 0 Å². The average molecular weight is 363 g/mol. The smallest absolute Gasteiger partial charge is 0.324 e. The Balaban J connectivity index is 2.07. The second kappa shape index (κ2) is 7.41. The third kappa shape index (κ3) is 3.87. The Labute approximate surface area is 157 Å². The second-order valence-electron chi connectivity index (χ2n) is 6.40. The van der Waals surface area contributed by atoms with Gasteiger partial charge in [0.05, 0.1) is 4.92 Å². The van der Waals surface area contributed by atoms with Crippen LogP contribution in [0, 0.1) is 30.9 Å². The number of hydrogen-bond acceptors (Lipinski definition) is 6. The minimum Gasteiger partial charge on any atom is -0.324 e. The number of nitro groups is 1. The predicted molar refractivity (Wildman–Crippen MR) is 107 cm³/mol. The maximum Gasteiger partial charge on any atom is 0.333 e. The molecule has 3 aromatic rings. The summed E-state index contributed by atoms with van der Waals surface area (Å²) >= 11 is 0. The van der Waals surface area contributed by atoms with E-state index in [0.29, 0.717) is 11.6 Å². The minimum absolute atomic E-state index is 0.104. The second-order valence-corrected chi connectivity index (χ2v) is 6.40. The Kier molecular flexibility index (Phi) is 5.03. The van der Waals surface area contributed by atoms with Crippen LogP contribution in [0.15, 0.2) is 48.5 Å². The van der Waals surface area contributed by atoms with E-state index in [4.69, 9.17) is 0 Å². The molecule has 0 spiro atoms. The topological polar surface area (TPSA) is 84.2 Å². The van der Waals surface area contributed by atoms with Gasteiger partial charge in [0.2, 0.25) is 11.8 Å². The van der Waals surface area contributed by atoms with E-state index in [1.165, 1.54) is 0 Å². The number of benzene rings is 2. The first-order chi connectivity index (χ1) is 12.9. The molecule has 27 heavy (non-hydrogen) atoms. The molecule has 7 heteroatoms. The van der Waals surface area contributed by atoms with Gasteiger partial charge in [0, 0.05) is 18.4 Å². The van der Waals surface area contributed by atoms with Crippen LogP contribution in [0.4, 0.5) is 28.8 Å². The normalized spacial score (nSPS) is 10.5. The molecule has 0 radical (unpaired) electrons. The molecule has 0 atom stereocenters. The standard InChI is InChI=1S/C20H21N5O2/c1-13-10-11-17(14(2)12-13)22-20-21-15(3)18(25(26)27)19(23-20)24(4)16-8-6-5-7-9-16/h5-12H,1-4H3,(H,21,22,23). The van der Waals surface area contributed by atoms with Crippen LogP contribution in [0.1, 0.15) is 16.8 Å². The van der Waals surface area contributed by atoms with E-state index in [9.17, 15) is 10.1 Å². The van der Waals surface area contributed by atoms with E-state index in [-0.39, 0.29) is 11.5 Å². The lowest BCUT2D eigenvalue weighted by molar-refractivity contribution is -0.385. The maximum absolute atomic E-state index is 11.6. The van der Waals surface area contributed by atoms with Crippen molar-refractivity contribution in [3.05, 3.63) is 75.5 Å². The first-order valence-electron chi connectivity index (χ1n) is 8.53. The van der Waals surface area contributed by atoms with Crippen molar-refractivity contribution in [2.45, 2.75) is 20.8 Å². The van der Waals surface area contributed by atoms with Crippen molar-refractivity contribution in [2.24, 2.45) is 0 Å². The number of nitrogens with zero attached hydrogens (tertiary/aromatic N) is 4. The third-order valence-corrected chi connectivity index (χ3v) is 4.31. The van der Waals surface area contributed by atoms with Crippen molar-refractivity contribution in [1.82, 2.24) is 9.97 Å². The zero-order valence-electron chi connectivity index (χ0n) is 15.7. The molecule has 0 saturated carbocycles. The maximum atomic E-state index is 11.6. The highest BCUT2D eigenvalue weighted by molar-refractivity contribution is 5.71. The molecule has 0 aliphatic rings. The van der Waals surface area contributed by atoms with Crippen LogP contribution in [0.25, 0.3) is 0 Å². The summed E-state index contributed by atoms with van der Waals surface area (Å²) in [4.78, 5) is 21.6. The SMILES string of the molecule is Cc1ccc(Nc2nc(C)c([N+](=O)[O-])c(N(C)c3ccccc3)n2)c(C)c1. The van der Waals surface area contributed by atoms with Gasteiger partial charge in [-0.15, -0.1) is 0 Å². The van der Waals surface area contributed by atoms with Crippen LogP contribution in [0.5, 0.6) is 0 Å². The van der Waals surface area contributed by atoms with Crippen LogP contribution >= 0.6 is 0 Å². The number of aryl methyl sites for hydroxylation is 3. The summed E-state index contributed by atoms with van der Waals surface area (Å²) < 4.78 is 0. The molecule has 0 aliphatic heterocycles. The first kappa shape index (κ1) is 18.3. The first-order valence-corrected chi connectivity index (χ1v) is 8.53. The highest BCUT2D eigenvalue weighted by Crippen LogP contribution is 2.34. The fourth-order valence-electron chi connectivity index (χ4n) is 2.90. The molecule has 0 fully saturated rings. The molecule has 3 rings (SSSR count). The van der Waals surface area contributed by atoms with Crippen LogP contribution in [-0.4, -0.2) is 21.9 Å². The Bertz CT molecular complexity index is 989. The predicted octanol–water partition coefficient (Wildman–Crippen LogP) is 4.82. The third-order valence-electron chi connectivity index (χ3n) is 4.31. The molecular formula is C20H21N5O2. The van der Waals surface area contributed by atoms with Gasteiger partial charge >= 0.3 is 5.69 Å². The molecule has 0 unspecified atom stereocenters. The average Bonchev–Trinajstić information content (AvgIpc) is 2.63. The zero-order chi connectivity index (χ0) is 19.6. The van der Waals surface area contributed by atoms with Gasteiger partial charge in [-0.1, -0.05) is 35.9 Å². The van der Waals surface area contributed by atoms with Gasteiger partial charge in [0.15, 0.2) is 0 Å². The van der Waals surface area contributed by atoms with Gasteiger partial charge in [-0.05, 0) is 44.5 Å². The molecule has 7 nitrogen and oxygen atoms in total. The van der Waals surface area contributed by atoms with Gasteiger partial charge in [0.1, 0.15) is 5.69 Å². The highest BCUT2D eigenvalue weighted by Gasteiger charge is 2.25. The van der Waals surface area contributed by atoms with E-state index in [1.54, 1.807) is 18.9 Å². The number of nitrogens with one attached hydrogen (secondary N) is 1. The molecule has 1 N–H and O–H groups in total. The van der Waals surface area contributed by atoms with Gasteiger partial charge in [-0.2, -0.15) is 4.98 Å². The largest absolute Gasteiger partial charge is 0.333 e. The van der Waals surface area contributed by atoms with Gasteiger partial charge in [-0.3, -0.25) is 10.1 Å². The summed E-state index contributed by atoms with van der Waals surface area (Å²) in [6, 6.07) is 15.4. The summed E-state index contributed by atoms with van der Waals surface area (Å²) in [7, 11) is 1.75. The number of aromatic nitrogens is 2. The lowest BCUT2D eigenvalue weighted by Gasteiger charge is -2.19. The molecule has 0 bridgehead atoms. The molecule has 138 valence electrons. The molecule has 0 saturated heterocycles. The minimum atomic E-state index is -0.439. The Hall–Kier alpha value is -3.48. The van der Waals surface area contributed by atoms with Gasteiger partial charge < -0.3 is 10.2 Å². The van der Waals surface area contributed by atoms with Crippen molar-refractivity contribution < 1.29 is 4.92 Å². The van der Waals surface area contributed by atoms with Gasteiger partial charge in [0.25, 0.3) is 0 Å². The Morgan fingerprint density at radius 1 is 1.04 bits per heavy atom. The Morgan fingerprint density at radius 3 is 2.37 bits per heavy atom. The van der Waals surface area contributed by atoms with E-state index < -0.39 is 4.92 Å². The summed E-state index contributed by atoms with van der Waals surface area (Å²) in [5.74, 6) is 0.564. The zero-order valence-corrected chi connectivity index (χ0v) is 15.7. The molecule has 2 aromatic carbocycles. The van der Waals surface area contributed by atoms with Crippen molar-refractivity contribution in [3.63, 3.8) is 0 Å². The fraction of sp³-hybridized carbons (Fsp3) is 0.200. The van der Waals surface area contributed by atoms with E-state index in [1.807, 2.05) is 56.3 Å². The molecule has 1 heterocycles. The summed E-state index contributed by atoms with van der Waals surface area (Å²) in [5.41, 5.74) is 4.07. The monoisotopic (exact) mass is 363 g/mol. The van der Waals surface area contributed by atoms with Crippen LogP contribution in [0.2, 0.25) is 0 Å². The number of anilines is 4. The fourth-order valence-corrected chi connectivity index (χ4v) is 2.90. The highest BCUT2D eigenvalue weighted by atomic mass is 16.6. The van der Waals surface area contributed by atoms with Crippen molar-refractivity contribution >= 4 is 28.8 Å². The van der Waals surface area contributed by atoms with Crippen LogP contribution in [0.3, 0.4) is 0 Å². The number of para-hydroxylation sites is 1. The van der Waals surface area contributed by atoms with E-state index >= 15 is 0 Å². The van der Waals surface area contributed by atoms with Crippen molar-refractivity contribution in [3.8, 4) is 0 Å². The molecule has 1 aromatic heterocycles. The molecule has 0 aliphatic carbocycles. The number of hydrogen-bond donors (Lipinski definition) is 1. The van der Waals surface area contributed by atoms with Crippen LogP contribution < -0.4 is 10.2 Å². The molecule has 0 amide bonds. The Morgan fingerprint density at radius 2 is 1.74 bits per heavy atom. The van der Waals surface area contributed by atoms with E-state index in [2.05, 4.69) is 21.4 Å². The summed E-state index contributed by atoms with van der Waals surface area (Å²) in [6.07, 6.45) is 0. The lowest BCUT2D eigenvalue weighted by Crippen LogP contribution is -2.16. The lowest BCUT2D eigenvalue weighted by atomic mass is 10.1. The van der Waals surface area contributed by atoms with Crippen molar-refractivity contribution in [2.75, 3.05) is 17.3 Å². The van der Waals surface area contributed by atoms with Crippen molar-refractivity contribution in [1.29, 1.82) is 0 Å². The van der Waals surface area contributed by atoms with Gasteiger partial charge in [-0.25, -0.2) is 4.98 Å².